The van der Waals surface area contributed by atoms with E-state index in [4.69, 9.17) is 14.2 Å². The van der Waals surface area contributed by atoms with Gasteiger partial charge in [0.05, 0.1) is 12.7 Å². The van der Waals surface area contributed by atoms with Gasteiger partial charge in [-0.25, -0.2) is 4.79 Å². The average Bonchev–Trinajstić information content (AvgIpc) is 3.02. The molecule has 0 aromatic carbocycles. The summed E-state index contributed by atoms with van der Waals surface area (Å²) in [5, 5.41) is 0. The third-order valence-electron chi connectivity index (χ3n) is 9.03. The Morgan fingerprint density at radius 3 is 2.68 bits per heavy atom. The lowest BCUT2D eigenvalue weighted by Gasteiger charge is -2.59. The van der Waals surface area contributed by atoms with Gasteiger partial charge in [-0.3, -0.25) is 0 Å². The number of hydrogen-bond donors (Lipinski definition) is 0. The zero-order valence-corrected chi connectivity index (χ0v) is 18.1. The Labute approximate surface area is 170 Å². The molecule has 0 radical (unpaired) electrons. The first kappa shape index (κ1) is 20.3. The number of ether oxygens (including phenoxy) is 3. The monoisotopic (exact) mass is 390 g/mol. The summed E-state index contributed by atoms with van der Waals surface area (Å²) in [6.45, 7) is 7.34. The van der Waals surface area contributed by atoms with Crippen molar-refractivity contribution in [2.45, 2.75) is 84.3 Å². The molecule has 0 aliphatic heterocycles. The second-order valence-corrected chi connectivity index (χ2v) is 10.2. The Morgan fingerprint density at radius 1 is 1.11 bits per heavy atom. The van der Waals surface area contributed by atoms with E-state index in [-0.39, 0.29) is 11.5 Å². The quantitative estimate of drug-likeness (QED) is 0.453. The van der Waals surface area contributed by atoms with E-state index in [1.165, 1.54) is 32.1 Å². The Hall–Kier alpha value is -1.03. The van der Waals surface area contributed by atoms with Crippen LogP contribution in [0, 0.1) is 34.5 Å². The molecule has 0 aromatic rings. The number of rotatable bonds is 4. The lowest BCUT2D eigenvalue weighted by atomic mass is 9.46. The molecule has 0 aromatic heterocycles. The predicted octanol–water partition coefficient (Wildman–Crippen LogP) is 5.75. The van der Waals surface area contributed by atoms with Gasteiger partial charge in [-0.15, -0.1) is 0 Å². The molecule has 0 unspecified atom stereocenters. The van der Waals surface area contributed by atoms with E-state index in [1.54, 1.807) is 0 Å². The van der Waals surface area contributed by atoms with Crippen LogP contribution in [-0.2, 0) is 14.2 Å². The number of carbonyl (C=O) groups excluding carboxylic acids is 1. The van der Waals surface area contributed by atoms with Crippen LogP contribution in [0.5, 0.6) is 0 Å². The first-order chi connectivity index (χ1) is 13.4. The van der Waals surface area contributed by atoms with Gasteiger partial charge < -0.3 is 14.2 Å². The minimum absolute atomic E-state index is 0.0214. The van der Waals surface area contributed by atoms with Crippen LogP contribution in [0.3, 0.4) is 0 Å². The van der Waals surface area contributed by atoms with Gasteiger partial charge in [-0.1, -0.05) is 32.9 Å². The molecule has 158 valence electrons. The third-order valence-corrected chi connectivity index (χ3v) is 9.03. The SMILES string of the molecule is CCCOC(=O)O[C@H]1CC[C@H]2[C@@H]3CC[C@H]4C[C@H](OC)C=C[C@]4(C)[C@H]3CC[C@]12C. The molecule has 4 heteroatoms. The van der Waals surface area contributed by atoms with Crippen LogP contribution in [0.2, 0.25) is 0 Å². The van der Waals surface area contributed by atoms with Gasteiger partial charge in [-0.2, -0.15) is 0 Å². The molecule has 3 saturated carbocycles. The van der Waals surface area contributed by atoms with Crippen LogP contribution in [0.15, 0.2) is 12.2 Å². The van der Waals surface area contributed by atoms with Crippen LogP contribution in [-0.4, -0.2) is 32.1 Å². The molecule has 0 spiro atoms. The van der Waals surface area contributed by atoms with Gasteiger partial charge in [0.2, 0.25) is 0 Å². The maximum absolute atomic E-state index is 12.1. The summed E-state index contributed by atoms with van der Waals surface area (Å²) in [5.74, 6) is 2.92. The summed E-state index contributed by atoms with van der Waals surface area (Å²) in [5.41, 5.74) is 0.418. The van der Waals surface area contributed by atoms with Crippen LogP contribution in [0.4, 0.5) is 4.79 Å². The van der Waals surface area contributed by atoms with Crippen LogP contribution >= 0.6 is 0 Å². The van der Waals surface area contributed by atoms with Gasteiger partial charge in [0.1, 0.15) is 6.10 Å². The second kappa shape index (κ2) is 7.66. The largest absolute Gasteiger partial charge is 0.508 e. The van der Waals surface area contributed by atoms with Gasteiger partial charge in [0.15, 0.2) is 0 Å². The Bertz CT molecular complexity index is 616. The van der Waals surface area contributed by atoms with Crippen LogP contribution in [0.1, 0.15) is 72.1 Å². The van der Waals surface area contributed by atoms with E-state index in [9.17, 15) is 4.79 Å². The topological polar surface area (TPSA) is 44.8 Å². The maximum Gasteiger partial charge on any atom is 0.508 e. The van der Waals surface area contributed by atoms with Crippen molar-refractivity contribution in [1.29, 1.82) is 0 Å². The van der Waals surface area contributed by atoms with E-state index >= 15 is 0 Å². The van der Waals surface area contributed by atoms with E-state index in [0.29, 0.717) is 24.0 Å². The van der Waals surface area contributed by atoms with Gasteiger partial charge in [-0.05, 0) is 80.5 Å². The van der Waals surface area contributed by atoms with Crippen molar-refractivity contribution >= 4 is 6.16 Å². The molecule has 4 rings (SSSR count). The fourth-order valence-electron chi connectivity index (χ4n) is 7.43. The third kappa shape index (κ3) is 3.20. The summed E-state index contributed by atoms with van der Waals surface area (Å²) < 4.78 is 16.7. The van der Waals surface area contributed by atoms with Gasteiger partial charge in [0.25, 0.3) is 0 Å². The molecule has 0 saturated heterocycles. The number of fused-ring (bicyclic) bond motifs is 5. The van der Waals surface area contributed by atoms with E-state index in [1.807, 2.05) is 14.0 Å². The molecule has 0 amide bonds. The molecule has 3 fully saturated rings. The number of carbonyl (C=O) groups is 1. The maximum atomic E-state index is 12.1. The second-order valence-electron chi connectivity index (χ2n) is 10.2. The minimum Gasteiger partial charge on any atom is -0.434 e. The van der Waals surface area contributed by atoms with Crippen molar-refractivity contribution in [3.05, 3.63) is 12.2 Å². The Morgan fingerprint density at radius 2 is 1.93 bits per heavy atom. The summed E-state index contributed by atoms with van der Waals surface area (Å²) in [7, 11) is 1.83. The molecule has 0 heterocycles. The fourth-order valence-corrected chi connectivity index (χ4v) is 7.43. The minimum atomic E-state index is -0.465. The molecule has 0 bridgehead atoms. The van der Waals surface area contributed by atoms with Gasteiger partial charge >= 0.3 is 6.16 Å². The van der Waals surface area contributed by atoms with E-state index in [2.05, 4.69) is 26.0 Å². The zero-order chi connectivity index (χ0) is 19.9. The molecule has 0 N–H and O–H groups in total. The first-order valence-corrected chi connectivity index (χ1v) is 11.5. The lowest BCUT2D eigenvalue weighted by Crippen LogP contribution is -2.53. The number of allylic oxidation sites excluding steroid dienone is 1. The highest BCUT2D eigenvalue weighted by molar-refractivity contribution is 5.60. The summed E-state index contributed by atoms with van der Waals surface area (Å²) >= 11 is 0. The molecule has 8 atom stereocenters. The Kier molecular flexibility index (Phi) is 5.54. The molecular formula is C24H38O4. The molecule has 4 aliphatic carbocycles. The summed E-state index contributed by atoms with van der Waals surface area (Å²) in [6.07, 6.45) is 13.9. The highest BCUT2D eigenvalue weighted by Crippen LogP contribution is 2.65. The summed E-state index contributed by atoms with van der Waals surface area (Å²) in [4.78, 5) is 12.1. The number of methoxy groups -OCH3 is 1. The van der Waals surface area contributed by atoms with Gasteiger partial charge in [0, 0.05) is 12.5 Å². The van der Waals surface area contributed by atoms with E-state index < -0.39 is 6.16 Å². The van der Waals surface area contributed by atoms with Crippen molar-refractivity contribution in [2.24, 2.45) is 34.5 Å². The van der Waals surface area contributed by atoms with Crippen molar-refractivity contribution in [2.75, 3.05) is 13.7 Å². The zero-order valence-electron chi connectivity index (χ0n) is 18.1. The summed E-state index contributed by atoms with van der Waals surface area (Å²) in [6, 6.07) is 0. The van der Waals surface area contributed by atoms with E-state index in [0.717, 1.165) is 37.0 Å². The highest BCUT2D eigenvalue weighted by Gasteiger charge is 2.60. The average molecular weight is 391 g/mol. The van der Waals surface area contributed by atoms with Crippen molar-refractivity contribution in [3.8, 4) is 0 Å². The standard InChI is InChI=1S/C24H38O4/c1-5-14-27-22(25)28-21-9-8-19-18-7-6-16-15-17(26-4)10-12-23(16,2)20(18)11-13-24(19,21)3/h10,12,16-21H,5-9,11,13-15H2,1-4H3/t16-,17+,18-,19-,20-,21-,23-,24-/m0/s1. The molecule has 4 aliphatic rings. The van der Waals surface area contributed by atoms with Crippen molar-refractivity contribution < 1.29 is 19.0 Å². The van der Waals surface area contributed by atoms with Crippen LogP contribution < -0.4 is 0 Å². The number of hydrogen-bond acceptors (Lipinski definition) is 4. The normalized spacial score (nSPS) is 47.0. The Balaban J connectivity index is 1.50. The van der Waals surface area contributed by atoms with Crippen molar-refractivity contribution in [3.63, 3.8) is 0 Å². The van der Waals surface area contributed by atoms with Crippen molar-refractivity contribution in [1.82, 2.24) is 0 Å². The smallest absolute Gasteiger partial charge is 0.434 e. The first-order valence-electron chi connectivity index (χ1n) is 11.5. The van der Waals surface area contributed by atoms with Crippen LogP contribution in [0.25, 0.3) is 0 Å². The lowest BCUT2D eigenvalue weighted by molar-refractivity contribution is -0.108. The highest BCUT2D eigenvalue weighted by atomic mass is 16.7. The molecule has 28 heavy (non-hydrogen) atoms. The molecule has 4 nitrogen and oxygen atoms in total. The predicted molar refractivity (Wildman–Crippen MR) is 109 cm³/mol. The fraction of sp³-hybridized carbons (Fsp3) is 0.875. The molecular weight excluding hydrogens is 352 g/mol.